The first-order valence-corrected chi connectivity index (χ1v) is 5.86. The summed E-state index contributed by atoms with van der Waals surface area (Å²) in [5.41, 5.74) is 6.05. The maximum atomic E-state index is 10.6. The molecular weight excluding hydrogens is 238 g/mol. The first kappa shape index (κ1) is 13.0. The largest absolute Gasteiger partial charge is 0.433 e. The van der Waals surface area contributed by atoms with E-state index in [4.69, 9.17) is 14.9 Å². The average molecular weight is 255 g/mol. The lowest BCUT2D eigenvalue weighted by atomic mass is 10.1. The monoisotopic (exact) mass is 255 g/mol. The molecule has 1 aromatic heterocycles. The second-order valence-corrected chi connectivity index (χ2v) is 4.36. The van der Waals surface area contributed by atoms with Gasteiger partial charge < -0.3 is 14.9 Å². The zero-order chi connectivity index (χ0) is 13.1. The summed E-state index contributed by atoms with van der Waals surface area (Å²) in [5, 5.41) is 10.6. The predicted octanol–water partition coefficient (Wildman–Crippen LogP) is 0.908. The fraction of sp³-hybridized carbons (Fsp3) is 0.636. The standard InChI is InChI=1S/C11H17N3O4/c1-17-7-6-13-5-4-8(12)11(13)9-2-3-10(18-9)14(15)16/h2-3,8,11H,4-7,12H2,1H3. The number of ether oxygens (including phenoxy) is 1. The molecule has 18 heavy (non-hydrogen) atoms. The lowest BCUT2D eigenvalue weighted by Crippen LogP contribution is -2.33. The molecule has 7 nitrogen and oxygen atoms in total. The molecule has 7 heteroatoms. The zero-order valence-electron chi connectivity index (χ0n) is 10.2. The smallest absolute Gasteiger partial charge is 0.404 e. The van der Waals surface area contributed by atoms with Crippen molar-refractivity contribution in [3.8, 4) is 0 Å². The van der Waals surface area contributed by atoms with Crippen molar-refractivity contribution in [2.45, 2.75) is 18.5 Å². The highest BCUT2D eigenvalue weighted by atomic mass is 16.6. The minimum Gasteiger partial charge on any atom is -0.404 e. The summed E-state index contributed by atoms with van der Waals surface area (Å²) in [5.74, 6) is 0.318. The topological polar surface area (TPSA) is 94.8 Å². The van der Waals surface area contributed by atoms with E-state index in [1.165, 1.54) is 6.07 Å². The van der Waals surface area contributed by atoms with Gasteiger partial charge in [0, 0.05) is 26.2 Å². The summed E-state index contributed by atoms with van der Waals surface area (Å²) in [4.78, 5) is 12.2. The first-order chi connectivity index (χ1) is 8.63. The van der Waals surface area contributed by atoms with Gasteiger partial charge >= 0.3 is 5.88 Å². The summed E-state index contributed by atoms with van der Waals surface area (Å²) in [6.07, 6.45) is 0.850. The Balaban J connectivity index is 2.14. The number of nitro groups is 1. The van der Waals surface area contributed by atoms with Crippen molar-refractivity contribution in [2.75, 3.05) is 26.8 Å². The van der Waals surface area contributed by atoms with Crippen LogP contribution >= 0.6 is 0 Å². The Morgan fingerprint density at radius 3 is 3.06 bits per heavy atom. The van der Waals surface area contributed by atoms with Gasteiger partial charge in [-0.3, -0.25) is 15.0 Å². The molecule has 1 saturated heterocycles. The van der Waals surface area contributed by atoms with Crippen molar-refractivity contribution in [1.29, 1.82) is 0 Å². The Morgan fingerprint density at radius 1 is 1.67 bits per heavy atom. The summed E-state index contributed by atoms with van der Waals surface area (Å²) >= 11 is 0. The number of hydrogen-bond acceptors (Lipinski definition) is 6. The van der Waals surface area contributed by atoms with Gasteiger partial charge in [-0.15, -0.1) is 0 Å². The van der Waals surface area contributed by atoms with Crippen LogP contribution in [0.5, 0.6) is 0 Å². The molecule has 0 spiro atoms. The van der Waals surface area contributed by atoms with Crippen LogP contribution in [0.15, 0.2) is 16.5 Å². The number of rotatable bonds is 5. The van der Waals surface area contributed by atoms with Crippen LogP contribution in [-0.4, -0.2) is 42.7 Å². The normalized spacial score (nSPS) is 24.6. The lowest BCUT2D eigenvalue weighted by molar-refractivity contribution is -0.402. The fourth-order valence-corrected chi connectivity index (χ4v) is 2.33. The molecule has 2 unspecified atom stereocenters. The SMILES string of the molecule is COCCN1CCC(N)C1c1ccc([N+](=O)[O-])o1. The second kappa shape index (κ2) is 5.47. The molecule has 0 radical (unpaired) electrons. The summed E-state index contributed by atoms with van der Waals surface area (Å²) in [7, 11) is 1.64. The molecule has 0 saturated carbocycles. The molecule has 100 valence electrons. The molecular formula is C11H17N3O4. The third-order valence-corrected chi connectivity index (χ3v) is 3.22. The van der Waals surface area contributed by atoms with Crippen LogP contribution in [-0.2, 0) is 4.74 Å². The van der Waals surface area contributed by atoms with Gasteiger partial charge in [0.1, 0.15) is 10.7 Å². The average Bonchev–Trinajstić information content (AvgIpc) is 2.93. The van der Waals surface area contributed by atoms with Gasteiger partial charge in [-0.25, -0.2) is 0 Å². The molecule has 2 heterocycles. The van der Waals surface area contributed by atoms with E-state index in [-0.39, 0.29) is 18.0 Å². The summed E-state index contributed by atoms with van der Waals surface area (Å²) in [6, 6.07) is 2.84. The van der Waals surface area contributed by atoms with Gasteiger partial charge in [-0.2, -0.15) is 0 Å². The van der Waals surface area contributed by atoms with E-state index in [1.807, 2.05) is 0 Å². The van der Waals surface area contributed by atoms with Crippen LogP contribution < -0.4 is 5.73 Å². The van der Waals surface area contributed by atoms with Crippen LogP contribution in [0.4, 0.5) is 5.88 Å². The van der Waals surface area contributed by atoms with Crippen molar-refractivity contribution in [1.82, 2.24) is 4.90 Å². The lowest BCUT2D eigenvalue weighted by Gasteiger charge is -2.24. The predicted molar refractivity (Wildman–Crippen MR) is 64.1 cm³/mol. The molecule has 2 N–H and O–H groups in total. The van der Waals surface area contributed by atoms with Gasteiger partial charge in [0.05, 0.1) is 18.7 Å². The number of methoxy groups -OCH3 is 1. The number of nitrogens with two attached hydrogens (primary N) is 1. The van der Waals surface area contributed by atoms with E-state index >= 15 is 0 Å². The van der Waals surface area contributed by atoms with Crippen molar-refractivity contribution >= 4 is 5.88 Å². The van der Waals surface area contributed by atoms with E-state index in [1.54, 1.807) is 13.2 Å². The van der Waals surface area contributed by atoms with E-state index < -0.39 is 4.92 Å². The van der Waals surface area contributed by atoms with Gasteiger partial charge in [0.2, 0.25) is 0 Å². The van der Waals surface area contributed by atoms with Crippen LogP contribution in [0.25, 0.3) is 0 Å². The van der Waals surface area contributed by atoms with Gasteiger partial charge in [-0.05, 0) is 12.5 Å². The highest BCUT2D eigenvalue weighted by molar-refractivity contribution is 5.21. The van der Waals surface area contributed by atoms with Gasteiger partial charge in [0.15, 0.2) is 0 Å². The Hall–Kier alpha value is -1.44. The molecule has 1 aromatic rings. The maximum Gasteiger partial charge on any atom is 0.433 e. The molecule has 2 atom stereocenters. The van der Waals surface area contributed by atoms with E-state index in [0.717, 1.165) is 19.5 Å². The van der Waals surface area contributed by atoms with Gasteiger partial charge in [-0.1, -0.05) is 0 Å². The van der Waals surface area contributed by atoms with Gasteiger partial charge in [0.25, 0.3) is 0 Å². The quantitative estimate of drug-likeness (QED) is 0.620. The van der Waals surface area contributed by atoms with E-state index in [0.29, 0.717) is 12.4 Å². The first-order valence-electron chi connectivity index (χ1n) is 5.86. The Bertz CT molecular complexity index is 420. The number of furan rings is 1. The zero-order valence-corrected chi connectivity index (χ0v) is 10.2. The number of nitrogens with zero attached hydrogens (tertiary/aromatic N) is 2. The number of likely N-dealkylation sites (tertiary alicyclic amines) is 1. The molecule has 0 amide bonds. The Morgan fingerprint density at radius 2 is 2.44 bits per heavy atom. The van der Waals surface area contributed by atoms with Crippen LogP contribution in [0, 0.1) is 10.1 Å². The molecule has 1 aliphatic rings. The molecule has 0 bridgehead atoms. The summed E-state index contributed by atoms with van der Waals surface area (Å²) in [6.45, 7) is 2.19. The molecule has 1 fully saturated rings. The fourth-order valence-electron chi connectivity index (χ4n) is 2.33. The number of hydrogen-bond donors (Lipinski definition) is 1. The minimum atomic E-state index is -0.538. The molecule has 1 aliphatic heterocycles. The van der Waals surface area contributed by atoms with Crippen molar-refractivity contribution in [3.63, 3.8) is 0 Å². The van der Waals surface area contributed by atoms with E-state index in [2.05, 4.69) is 4.90 Å². The van der Waals surface area contributed by atoms with Crippen LogP contribution in [0.1, 0.15) is 18.2 Å². The second-order valence-electron chi connectivity index (χ2n) is 4.36. The third kappa shape index (κ3) is 2.53. The third-order valence-electron chi connectivity index (χ3n) is 3.22. The van der Waals surface area contributed by atoms with Crippen molar-refractivity contribution in [2.24, 2.45) is 5.73 Å². The Kier molecular flexibility index (Phi) is 3.95. The molecule has 0 aliphatic carbocycles. The van der Waals surface area contributed by atoms with Crippen molar-refractivity contribution < 1.29 is 14.1 Å². The van der Waals surface area contributed by atoms with Crippen molar-refractivity contribution in [3.05, 3.63) is 28.0 Å². The highest BCUT2D eigenvalue weighted by Gasteiger charge is 2.35. The van der Waals surface area contributed by atoms with Crippen LogP contribution in [0.2, 0.25) is 0 Å². The minimum absolute atomic E-state index is 0.0624. The highest BCUT2D eigenvalue weighted by Crippen LogP contribution is 2.33. The summed E-state index contributed by atoms with van der Waals surface area (Å²) < 4.78 is 10.3. The molecule has 2 rings (SSSR count). The Labute approximate surface area is 105 Å². The molecule has 0 aromatic carbocycles. The van der Waals surface area contributed by atoms with E-state index in [9.17, 15) is 10.1 Å². The maximum absolute atomic E-state index is 10.6. The van der Waals surface area contributed by atoms with Crippen LogP contribution in [0.3, 0.4) is 0 Å².